The van der Waals surface area contributed by atoms with Crippen LogP contribution in [-0.4, -0.2) is 37.9 Å². The predicted molar refractivity (Wildman–Crippen MR) is 74.4 cm³/mol. The second-order valence-corrected chi connectivity index (χ2v) is 7.36. The fourth-order valence-electron chi connectivity index (χ4n) is 2.58. The largest absolute Gasteiger partial charge is 0.294 e. The van der Waals surface area contributed by atoms with E-state index in [-0.39, 0.29) is 24.4 Å². The summed E-state index contributed by atoms with van der Waals surface area (Å²) in [6.07, 6.45) is 2.52. The molecule has 7 heteroatoms. The lowest BCUT2D eigenvalue weighted by Crippen LogP contribution is -2.39. The Kier molecular flexibility index (Phi) is 4.73. The number of nitrogens with zero attached hydrogens (tertiary/aromatic N) is 1. The molecule has 0 amide bonds. The van der Waals surface area contributed by atoms with Crippen molar-refractivity contribution < 1.29 is 22.0 Å². The summed E-state index contributed by atoms with van der Waals surface area (Å²) < 4.78 is 51.0. The van der Waals surface area contributed by atoms with E-state index in [4.69, 9.17) is 0 Å². The van der Waals surface area contributed by atoms with Gasteiger partial charge in [-0.05, 0) is 37.0 Å². The summed E-state index contributed by atoms with van der Waals surface area (Å²) in [5.74, 6) is -2.07. The van der Waals surface area contributed by atoms with Crippen molar-refractivity contribution in [2.75, 3.05) is 19.3 Å². The summed E-state index contributed by atoms with van der Waals surface area (Å²) in [5.41, 5.74) is -0.272. The molecule has 0 radical (unpaired) electrons. The van der Waals surface area contributed by atoms with Gasteiger partial charge in [0.15, 0.2) is 5.78 Å². The maximum absolute atomic E-state index is 13.5. The van der Waals surface area contributed by atoms with Gasteiger partial charge in [0.05, 0.1) is 11.8 Å². The van der Waals surface area contributed by atoms with Gasteiger partial charge in [0.1, 0.15) is 11.6 Å². The van der Waals surface area contributed by atoms with Gasteiger partial charge < -0.3 is 0 Å². The molecular formula is C14H17F2NO3S. The number of hydrogen-bond acceptors (Lipinski definition) is 3. The first kappa shape index (κ1) is 16.0. The highest BCUT2D eigenvalue weighted by Crippen LogP contribution is 2.24. The molecule has 1 fully saturated rings. The molecule has 116 valence electrons. The van der Waals surface area contributed by atoms with E-state index >= 15 is 0 Å². The maximum Gasteiger partial charge on any atom is 0.211 e. The van der Waals surface area contributed by atoms with Gasteiger partial charge in [-0.15, -0.1) is 0 Å². The molecule has 1 atom stereocenters. The van der Waals surface area contributed by atoms with Crippen LogP contribution in [-0.2, 0) is 10.0 Å². The first-order valence-electron chi connectivity index (χ1n) is 6.71. The molecule has 4 nitrogen and oxygen atoms in total. The number of carbonyl (C=O) groups is 1. The minimum absolute atomic E-state index is 0.0202. The molecule has 1 heterocycles. The average Bonchev–Trinajstić information content (AvgIpc) is 2.41. The Morgan fingerprint density at radius 3 is 2.76 bits per heavy atom. The molecule has 1 saturated heterocycles. The van der Waals surface area contributed by atoms with Crippen LogP contribution in [0.2, 0.25) is 0 Å². The Morgan fingerprint density at radius 1 is 1.38 bits per heavy atom. The number of piperidine rings is 1. The smallest absolute Gasteiger partial charge is 0.211 e. The summed E-state index contributed by atoms with van der Waals surface area (Å²) in [4.78, 5) is 12.1. The first-order chi connectivity index (χ1) is 9.77. The highest BCUT2D eigenvalue weighted by atomic mass is 32.2. The van der Waals surface area contributed by atoms with Gasteiger partial charge in [0, 0.05) is 19.5 Å². The lowest BCUT2D eigenvalue weighted by Gasteiger charge is -2.30. The van der Waals surface area contributed by atoms with Crippen molar-refractivity contribution in [2.45, 2.75) is 19.3 Å². The second kappa shape index (κ2) is 6.19. The normalized spacial score (nSPS) is 20.4. The lowest BCUT2D eigenvalue weighted by atomic mass is 9.92. The van der Waals surface area contributed by atoms with Crippen molar-refractivity contribution in [3.63, 3.8) is 0 Å². The van der Waals surface area contributed by atoms with E-state index in [1.807, 2.05) is 0 Å². The van der Waals surface area contributed by atoms with Crippen molar-refractivity contribution in [1.29, 1.82) is 0 Å². The van der Waals surface area contributed by atoms with Crippen LogP contribution in [0.5, 0.6) is 0 Å². The molecule has 1 aliphatic heterocycles. The number of benzene rings is 1. The quantitative estimate of drug-likeness (QED) is 0.800. The third-order valence-corrected chi connectivity index (χ3v) is 4.92. The molecule has 0 aromatic heterocycles. The predicted octanol–water partition coefficient (Wildman–Crippen LogP) is 2.21. The molecule has 0 bridgehead atoms. The van der Waals surface area contributed by atoms with Crippen LogP contribution in [0.15, 0.2) is 18.2 Å². The highest BCUT2D eigenvalue weighted by Gasteiger charge is 2.28. The maximum atomic E-state index is 13.5. The van der Waals surface area contributed by atoms with Gasteiger partial charge in [-0.2, -0.15) is 0 Å². The minimum atomic E-state index is -3.29. The number of hydrogen-bond donors (Lipinski definition) is 0. The fourth-order valence-corrected chi connectivity index (χ4v) is 3.52. The molecule has 1 unspecified atom stereocenters. The number of halogens is 2. The van der Waals surface area contributed by atoms with Crippen LogP contribution < -0.4 is 0 Å². The van der Waals surface area contributed by atoms with Gasteiger partial charge in [-0.3, -0.25) is 4.79 Å². The third-order valence-electron chi connectivity index (χ3n) is 3.65. The molecular weight excluding hydrogens is 300 g/mol. The van der Waals surface area contributed by atoms with E-state index in [0.717, 1.165) is 24.5 Å². The summed E-state index contributed by atoms with van der Waals surface area (Å²) in [6.45, 7) is 0.694. The number of sulfonamides is 1. The van der Waals surface area contributed by atoms with Gasteiger partial charge in [0.25, 0.3) is 0 Å². The number of rotatable bonds is 4. The van der Waals surface area contributed by atoms with Crippen molar-refractivity contribution in [2.24, 2.45) is 5.92 Å². The van der Waals surface area contributed by atoms with Gasteiger partial charge in [0.2, 0.25) is 10.0 Å². The summed E-state index contributed by atoms with van der Waals surface area (Å²) in [5, 5.41) is 0. The Labute approximate surface area is 122 Å². The summed E-state index contributed by atoms with van der Waals surface area (Å²) >= 11 is 0. The van der Waals surface area contributed by atoms with E-state index in [0.29, 0.717) is 19.4 Å². The van der Waals surface area contributed by atoms with E-state index in [9.17, 15) is 22.0 Å². The Balaban J connectivity index is 2.07. The summed E-state index contributed by atoms with van der Waals surface area (Å²) in [6, 6.07) is 2.76. The van der Waals surface area contributed by atoms with Crippen molar-refractivity contribution in [3.8, 4) is 0 Å². The molecule has 1 aromatic rings. The standard InChI is InChI=1S/C14H17F2NO3S/c1-21(19,20)17-6-2-3-10(9-17)7-14(18)12-8-11(15)4-5-13(12)16/h4-5,8,10H,2-3,6-7,9H2,1H3. The molecule has 0 saturated carbocycles. The second-order valence-electron chi connectivity index (χ2n) is 5.38. The van der Waals surface area contributed by atoms with E-state index < -0.39 is 27.4 Å². The molecule has 1 aliphatic rings. The molecule has 0 spiro atoms. The van der Waals surface area contributed by atoms with Gasteiger partial charge in [-0.25, -0.2) is 21.5 Å². The number of Topliss-reactive ketones (excluding diaryl/α,β-unsaturated/α-hetero) is 1. The van der Waals surface area contributed by atoms with E-state index in [1.54, 1.807) is 0 Å². The van der Waals surface area contributed by atoms with Gasteiger partial charge >= 0.3 is 0 Å². The first-order valence-corrected chi connectivity index (χ1v) is 8.55. The Morgan fingerprint density at radius 2 is 2.10 bits per heavy atom. The topological polar surface area (TPSA) is 54.5 Å². The summed E-state index contributed by atoms with van der Waals surface area (Å²) in [7, 11) is -3.29. The molecule has 0 N–H and O–H groups in total. The zero-order valence-corrected chi connectivity index (χ0v) is 12.5. The zero-order chi connectivity index (χ0) is 15.6. The number of ketones is 1. The van der Waals surface area contributed by atoms with E-state index in [2.05, 4.69) is 0 Å². The fraction of sp³-hybridized carbons (Fsp3) is 0.500. The monoisotopic (exact) mass is 317 g/mol. The van der Waals surface area contributed by atoms with Crippen molar-refractivity contribution in [3.05, 3.63) is 35.4 Å². The average molecular weight is 317 g/mol. The van der Waals surface area contributed by atoms with Crippen LogP contribution in [0, 0.1) is 17.6 Å². The van der Waals surface area contributed by atoms with Crippen LogP contribution in [0.3, 0.4) is 0 Å². The van der Waals surface area contributed by atoms with Crippen LogP contribution in [0.25, 0.3) is 0 Å². The Bertz CT molecular complexity index is 646. The third kappa shape index (κ3) is 4.07. The van der Waals surface area contributed by atoms with Crippen molar-refractivity contribution >= 4 is 15.8 Å². The Hall–Kier alpha value is -1.34. The van der Waals surface area contributed by atoms with Crippen LogP contribution in [0.4, 0.5) is 8.78 Å². The van der Waals surface area contributed by atoms with Crippen molar-refractivity contribution in [1.82, 2.24) is 4.31 Å². The minimum Gasteiger partial charge on any atom is -0.294 e. The molecule has 0 aliphatic carbocycles. The molecule has 2 rings (SSSR count). The van der Waals surface area contributed by atoms with Crippen LogP contribution >= 0.6 is 0 Å². The molecule has 1 aromatic carbocycles. The molecule has 21 heavy (non-hydrogen) atoms. The lowest BCUT2D eigenvalue weighted by molar-refractivity contribution is 0.0938. The SMILES string of the molecule is CS(=O)(=O)N1CCCC(CC(=O)c2cc(F)ccc2F)C1. The van der Waals surface area contributed by atoms with Crippen LogP contribution in [0.1, 0.15) is 29.6 Å². The zero-order valence-electron chi connectivity index (χ0n) is 11.7. The van der Waals surface area contributed by atoms with E-state index in [1.165, 1.54) is 4.31 Å². The van der Waals surface area contributed by atoms with Gasteiger partial charge in [-0.1, -0.05) is 0 Å². The highest BCUT2D eigenvalue weighted by molar-refractivity contribution is 7.88. The number of carbonyl (C=O) groups excluding carboxylic acids is 1.